The molecule has 1 aromatic heterocycles. The van der Waals surface area contributed by atoms with Crippen LogP contribution in [0.2, 0.25) is 0 Å². The van der Waals surface area contributed by atoms with Crippen LogP contribution in [0.1, 0.15) is 25.3 Å². The maximum Gasteiger partial charge on any atom is 0.207 e. The molecule has 1 heterocycles. The molecule has 0 spiro atoms. The summed E-state index contributed by atoms with van der Waals surface area (Å²) in [5.74, 6) is 0.468. The average Bonchev–Trinajstić information content (AvgIpc) is 2.80. The Balaban J connectivity index is 2.18. The SMILES string of the molecule is CCCCn1ccnc1Nc1cccc(C)c1F. The third-order valence-corrected chi connectivity index (χ3v) is 2.91. The molecular weight excluding hydrogens is 229 g/mol. The first-order valence-corrected chi connectivity index (χ1v) is 6.25. The van der Waals surface area contributed by atoms with Crippen LogP contribution in [0.25, 0.3) is 0 Å². The van der Waals surface area contributed by atoms with Gasteiger partial charge in [0.2, 0.25) is 5.95 Å². The van der Waals surface area contributed by atoms with Gasteiger partial charge in [-0.25, -0.2) is 9.37 Å². The van der Waals surface area contributed by atoms with Gasteiger partial charge < -0.3 is 9.88 Å². The van der Waals surface area contributed by atoms with Gasteiger partial charge >= 0.3 is 0 Å². The number of imidazole rings is 1. The fourth-order valence-electron chi connectivity index (χ4n) is 1.81. The fourth-order valence-corrected chi connectivity index (χ4v) is 1.81. The van der Waals surface area contributed by atoms with Crippen molar-refractivity contribution >= 4 is 11.6 Å². The summed E-state index contributed by atoms with van der Waals surface area (Å²) in [4.78, 5) is 4.22. The van der Waals surface area contributed by atoms with Crippen molar-refractivity contribution in [3.05, 3.63) is 42.0 Å². The Morgan fingerprint density at radius 3 is 3.00 bits per heavy atom. The summed E-state index contributed by atoms with van der Waals surface area (Å²) in [7, 11) is 0. The normalized spacial score (nSPS) is 10.6. The highest BCUT2D eigenvalue weighted by atomic mass is 19.1. The zero-order valence-electron chi connectivity index (χ0n) is 10.8. The van der Waals surface area contributed by atoms with Crippen LogP contribution in [0, 0.1) is 12.7 Å². The summed E-state index contributed by atoms with van der Waals surface area (Å²) >= 11 is 0. The van der Waals surface area contributed by atoms with Gasteiger partial charge in [-0.1, -0.05) is 25.5 Å². The molecule has 1 aromatic carbocycles. The maximum atomic E-state index is 13.9. The van der Waals surface area contributed by atoms with Crippen molar-refractivity contribution in [3.63, 3.8) is 0 Å². The molecule has 0 radical (unpaired) electrons. The smallest absolute Gasteiger partial charge is 0.207 e. The quantitative estimate of drug-likeness (QED) is 0.869. The van der Waals surface area contributed by atoms with Crippen molar-refractivity contribution in [2.75, 3.05) is 5.32 Å². The Morgan fingerprint density at radius 2 is 2.22 bits per heavy atom. The second-order valence-corrected chi connectivity index (χ2v) is 4.36. The number of nitrogens with zero attached hydrogens (tertiary/aromatic N) is 2. The molecule has 0 aliphatic heterocycles. The van der Waals surface area contributed by atoms with Gasteiger partial charge in [-0.3, -0.25) is 0 Å². The number of benzene rings is 1. The number of aryl methyl sites for hydroxylation is 2. The van der Waals surface area contributed by atoms with Gasteiger partial charge in [-0.15, -0.1) is 0 Å². The number of unbranched alkanes of at least 4 members (excludes halogenated alkanes) is 1. The first-order valence-electron chi connectivity index (χ1n) is 6.25. The number of aromatic nitrogens is 2. The summed E-state index contributed by atoms with van der Waals surface area (Å²) in [6, 6.07) is 5.31. The number of hydrogen-bond donors (Lipinski definition) is 1. The molecule has 96 valence electrons. The molecule has 2 rings (SSSR count). The second kappa shape index (κ2) is 5.67. The fraction of sp³-hybridized carbons (Fsp3) is 0.357. The van der Waals surface area contributed by atoms with Crippen LogP contribution in [0.4, 0.5) is 16.0 Å². The highest BCUT2D eigenvalue weighted by Gasteiger charge is 2.08. The van der Waals surface area contributed by atoms with Crippen molar-refractivity contribution in [3.8, 4) is 0 Å². The number of hydrogen-bond acceptors (Lipinski definition) is 2. The molecule has 0 unspecified atom stereocenters. The minimum absolute atomic E-state index is 0.220. The number of halogens is 1. The molecule has 0 saturated heterocycles. The van der Waals surface area contributed by atoms with Crippen molar-refractivity contribution in [2.45, 2.75) is 33.2 Å². The van der Waals surface area contributed by atoms with Crippen LogP contribution in [-0.4, -0.2) is 9.55 Å². The highest BCUT2D eigenvalue weighted by molar-refractivity contribution is 5.55. The first-order chi connectivity index (χ1) is 8.72. The molecule has 4 heteroatoms. The lowest BCUT2D eigenvalue weighted by Gasteiger charge is -2.10. The van der Waals surface area contributed by atoms with Crippen molar-refractivity contribution in [2.24, 2.45) is 0 Å². The van der Waals surface area contributed by atoms with Gasteiger partial charge in [0.05, 0.1) is 5.69 Å². The minimum atomic E-state index is -0.220. The van der Waals surface area contributed by atoms with Crippen molar-refractivity contribution in [1.29, 1.82) is 0 Å². The van der Waals surface area contributed by atoms with E-state index in [1.54, 1.807) is 25.3 Å². The lowest BCUT2D eigenvalue weighted by Crippen LogP contribution is -2.04. The second-order valence-electron chi connectivity index (χ2n) is 4.36. The molecule has 0 amide bonds. The standard InChI is InChI=1S/C14H18FN3/c1-3-4-9-18-10-8-16-14(18)17-12-7-5-6-11(2)13(12)15/h5-8,10H,3-4,9H2,1-2H3,(H,16,17). The molecule has 0 saturated carbocycles. The Bertz CT molecular complexity index is 520. The molecule has 0 aliphatic carbocycles. The van der Waals surface area contributed by atoms with E-state index in [1.165, 1.54) is 0 Å². The zero-order chi connectivity index (χ0) is 13.0. The number of rotatable bonds is 5. The Labute approximate surface area is 107 Å². The van der Waals surface area contributed by atoms with Crippen LogP contribution in [-0.2, 0) is 6.54 Å². The van der Waals surface area contributed by atoms with Gasteiger partial charge in [0.25, 0.3) is 0 Å². The van der Waals surface area contributed by atoms with E-state index in [1.807, 2.05) is 16.8 Å². The van der Waals surface area contributed by atoms with Crippen molar-refractivity contribution in [1.82, 2.24) is 9.55 Å². The molecule has 1 N–H and O–H groups in total. The lowest BCUT2D eigenvalue weighted by molar-refractivity contribution is 0.619. The monoisotopic (exact) mass is 247 g/mol. The van der Waals surface area contributed by atoms with E-state index >= 15 is 0 Å². The van der Waals surface area contributed by atoms with Gasteiger partial charge in [0, 0.05) is 18.9 Å². The van der Waals surface area contributed by atoms with Crippen LogP contribution < -0.4 is 5.32 Å². The predicted octanol–water partition coefficient (Wildman–Crippen LogP) is 3.87. The summed E-state index contributed by atoms with van der Waals surface area (Å²) in [6.45, 7) is 4.79. The van der Waals surface area contributed by atoms with Gasteiger partial charge in [0.15, 0.2) is 0 Å². The van der Waals surface area contributed by atoms with Crippen LogP contribution in [0.5, 0.6) is 0 Å². The van der Waals surface area contributed by atoms with E-state index < -0.39 is 0 Å². The zero-order valence-corrected chi connectivity index (χ0v) is 10.8. The molecule has 0 aliphatic rings. The molecule has 0 fully saturated rings. The van der Waals surface area contributed by atoms with Crippen LogP contribution in [0.15, 0.2) is 30.6 Å². The largest absolute Gasteiger partial charge is 0.323 e. The Morgan fingerprint density at radius 1 is 1.39 bits per heavy atom. The van der Waals surface area contributed by atoms with Crippen LogP contribution >= 0.6 is 0 Å². The Hall–Kier alpha value is -1.84. The molecule has 2 aromatic rings. The number of nitrogens with one attached hydrogen (secondary N) is 1. The van der Waals surface area contributed by atoms with E-state index in [-0.39, 0.29) is 5.82 Å². The van der Waals surface area contributed by atoms with Gasteiger partial charge in [-0.05, 0) is 25.0 Å². The van der Waals surface area contributed by atoms with E-state index in [0.29, 0.717) is 17.2 Å². The Kier molecular flexibility index (Phi) is 3.97. The van der Waals surface area contributed by atoms with E-state index in [4.69, 9.17) is 0 Å². The third-order valence-electron chi connectivity index (χ3n) is 2.91. The van der Waals surface area contributed by atoms with E-state index in [9.17, 15) is 4.39 Å². The third kappa shape index (κ3) is 2.70. The van der Waals surface area contributed by atoms with Gasteiger partial charge in [0.1, 0.15) is 5.82 Å². The minimum Gasteiger partial charge on any atom is -0.323 e. The molecular formula is C14H18FN3. The van der Waals surface area contributed by atoms with Crippen LogP contribution in [0.3, 0.4) is 0 Å². The topological polar surface area (TPSA) is 29.9 Å². The predicted molar refractivity (Wildman–Crippen MR) is 71.6 cm³/mol. The van der Waals surface area contributed by atoms with Crippen molar-refractivity contribution < 1.29 is 4.39 Å². The first kappa shape index (κ1) is 12.6. The number of anilines is 2. The maximum absolute atomic E-state index is 13.9. The van der Waals surface area contributed by atoms with Gasteiger partial charge in [-0.2, -0.15) is 0 Å². The lowest BCUT2D eigenvalue weighted by atomic mass is 10.2. The summed E-state index contributed by atoms with van der Waals surface area (Å²) in [5.41, 5.74) is 1.10. The average molecular weight is 247 g/mol. The summed E-state index contributed by atoms with van der Waals surface area (Å²) in [6.07, 6.45) is 5.84. The highest BCUT2D eigenvalue weighted by Crippen LogP contribution is 2.21. The molecule has 18 heavy (non-hydrogen) atoms. The molecule has 0 bridgehead atoms. The van der Waals surface area contributed by atoms with E-state index in [2.05, 4.69) is 17.2 Å². The summed E-state index contributed by atoms with van der Waals surface area (Å²) < 4.78 is 15.9. The molecule has 3 nitrogen and oxygen atoms in total. The summed E-state index contributed by atoms with van der Waals surface area (Å²) in [5, 5.41) is 3.05. The van der Waals surface area contributed by atoms with E-state index in [0.717, 1.165) is 19.4 Å². The molecule has 0 atom stereocenters.